The molecule has 11 heteroatoms. The van der Waals surface area contributed by atoms with Gasteiger partial charge in [0.15, 0.2) is 16.6 Å². The van der Waals surface area contributed by atoms with E-state index in [-0.39, 0.29) is 11.1 Å². The van der Waals surface area contributed by atoms with Crippen molar-refractivity contribution in [3.05, 3.63) is 65.2 Å². The highest BCUT2D eigenvalue weighted by Crippen LogP contribution is 2.34. The maximum Gasteiger partial charge on any atom is 0.468 e. The number of hydrogen-bond donors (Lipinski definition) is 0. The van der Waals surface area contributed by atoms with Gasteiger partial charge in [0, 0.05) is 48.1 Å². The number of aromatic nitrogens is 5. The highest BCUT2D eigenvalue weighted by atomic mass is 32.2. The van der Waals surface area contributed by atoms with Crippen molar-refractivity contribution in [2.45, 2.75) is 37.5 Å². The number of aryl methyl sites for hydroxylation is 1. The van der Waals surface area contributed by atoms with Crippen LogP contribution in [-0.4, -0.2) is 55.0 Å². The molecular weight excluding hydrogens is 525 g/mol. The van der Waals surface area contributed by atoms with Gasteiger partial charge in [-0.15, -0.1) is 10.2 Å². The highest BCUT2D eigenvalue weighted by molar-refractivity contribution is 7.99. The average molecular weight is 553 g/mol. The van der Waals surface area contributed by atoms with Crippen LogP contribution in [0.4, 0.5) is 13.2 Å². The molecule has 5 aromatic rings. The number of nitrogens with zero attached hydrogens (tertiary/aromatic N) is 6. The lowest BCUT2D eigenvalue weighted by atomic mass is 10.0. The standard InChI is InChI=1S/C28H27F3N6OS/c1-17-7-9-20-21(5-3-6-22(20)32-17)25-34-35-27(36(25)2)39-16-4-13-37-14-11-18-8-10-23-24(19(18)12-15-37)38-26(33-23)28(29,30)31/h3,5-10H,4,11-16H2,1-2H3. The Morgan fingerprint density at radius 3 is 2.67 bits per heavy atom. The Bertz CT molecular complexity index is 1660. The third-order valence-corrected chi connectivity index (χ3v) is 8.28. The molecule has 3 aromatic heterocycles. The average Bonchev–Trinajstić information content (AvgIpc) is 3.45. The molecule has 7 nitrogen and oxygen atoms in total. The van der Waals surface area contributed by atoms with Crippen molar-refractivity contribution in [3.63, 3.8) is 0 Å². The van der Waals surface area contributed by atoms with Gasteiger partial charge in [0.1, 0.15) is 5.52 Å². The van der Waals surface area contributed by atoms with Crippen LogP contribution < -0.4 is 0 Å². The van der Waals surface area contributed by atoms with E-state index >= 15 is 0 Å². The van der Waals surface area contributed by atoms with Crippen molar-refractivity contribution in [1.29, 1.82) is 0 Å². The Balaban J connectivity index is 1.07. The molecule has 0 bridgehead atoms. The minimum Gasteiger partial charge on any atom is -0.433 e. The highest BCUT2D eigenvalue weighted by Gasteiger charge is 2.38. The van der Waals surface area contributed by atoms with Crippen molar-refractivity contribution >= 4 is 33.8 Å². The number of pyridine rings is 1. The normalized spacial score (nSPS) is 14.7. The number of halogens is 3. The molecule has 0 amide bonds. The first-order valence-electron chi connectivity index (χ1n) is 12.9. The molecule has 0 saturated heterocycles. The van der Waals surface area contributed by atoms with Crippen molar-refractivity contribution in [1.82, 2.24) is 29.6 Å². The molecule has 0 aliphatic carbocycles. The van der Waals surface area contributed by atoms with Crippen LogP contribution in [0.5, 0.6) is 0 Å². The summed E-state index contributed by atoms with van der Waals surface area (Å²) in [5.74, 6) is 0.516. The zero-order valence-electron chi connectivity index (χ0n) is 21.6. The van der Waals surface area contributed by atoms with Gasteiger partial charge < -0.3 is 13.9 Å². The van der Waals surface area contributed by atoms with E-state index in [4.69, 9.17) is 4.42 Å². The number of fused-ring (bicyclic) bond motifs is 4. The Morgan fingerprint density at radius 2 is 1.82 bits per heavy atom. The SMILES string of the molecule is Cc1ccc2c(-c3nnc(SCCCN4CCc5ccc6nc(C(F)(F)F)oc6c5CC4)n3C)cccc2n1. The Hall–Kier alpha value is -3.44. The summed E-state index contributed by atoms with van der Waals surface area (Å²) in [5, 5.41) is 10.8. The summed E-state index contributed by atoms with van der Waals surface area (Å²) in [4.78, 5) is 10.6. The van der Waals surface area contributed by atoms with Gasteiger partial charge in [-0.3, -0.25) is 4.98 Å². The molecule has 0 radical (unpaired) electrons. The van der Waals surface area contributed by atoms with E-state index in [1.807, 2.05) is 48.9 Å². The van der Waals surface area contributed by atoms with Gasteiger partial charge in [-0.1, -0.05) is 36.0 Å². The monoisotopic (exact) mass is 552 g/mol. The fourth-order valence-corrected chi connectivity index (χ4v) is 6.01. The third kappa shape index (κ3) is 5.12. The summed E-state index contributed by atoms with van der Waals surface area (Å²) >= 11 is 1.68. The first kappa shape index (κ1) is 25.8. The molecule has 0 spiro atoms. The number of thioether (sulfide) groups is 1. The second-order valence-corrected chi connectivity index (χ2v) is 10.9. The minimum atomic E-state index is -4.59. The first-order valence-corrected chi connectivity index (χ1v) is 13.9. The number of hydrogen-bond acceptors (Lipinski definition) is 7. The third-order valence-electron chi connectivity index (χ3n) is 7.17. The molecule has 1 aliphatic rings. The van der Waals surface area contributed by atoms with Crippen LogP contribution in [0.2, 0.25) is 0 Å². The molecule has 6 rings (SSSR count). The van der Waals surface area contributed by atoms with Crippen LogP contribution in [0.15, 0.2) is 52.0 Å². The smallest absolute Gasteiger partial charge is 0.433 e. The van der Waals surface area contributed by atoms with Crippen molar-refractivity contribution in [3.8, 4) is 11.4 Å². The van der Waals surface area contributed by atoms with Crippen molar-refractivity contribution in [2.24, 2.45) is 7.05 Å². The Labute approximate surface area is 227 Å². The summed E-state index contributed by atoms with van der Waals surface area (Å²) < 4.78 is 46.5. The van der Waals surface area contributed by atoms with Gasteiger partial charge in [0.05, 0.1) is 5.52 Å². The first-order chi connectivity index (χ1) is 18.8. The molecule has 0 saturated carbocycles. The van der Waals surface area contributed by atoms with E-state index in [0.717, 1.165) is 82.5 Å². The maximum absolute atomic E-state index is 13.1. The number of benzene rings is 2. The van der Waals surface area contributed by atoms with Crippen molar-refractivity contribution in [2.75, 3.05) is 25.4 Å². The van der Waals surface area contributed by atoms with Gasteiger partial charge in [0.25, 0.3) is 0 Å². The number of oxazole rings is 1. The van der Waals surface area contributed by atoms with Crippen LogP contribution in [0.3, 0.4) is 0 Å². The zero-order chi connectivity index (χ0) is 27.1. The Kier molecular flexibility index (Phi) is 6.80. The lowest BCUT2D eigenvalue weighted by Gasteiger charge is -2.19. The fraction of sp³-hybridized carbons (Fsp3) is 0.357. The van der Waals surface area contributed by atoms with E-state index in [1.165, 1.54) is 0 Å². The van der Waals surface area contributed by atoms with E-state index in [1.54, 1.807) is 17.8 Å². The molecule has 202 valence electrons. The van der Waals surface area contributed by atoms with Gasteiger partial charge in [-0.2, -0.15) is 13.2 Å². The van der Waals surface area contributed by atoms with Crippen LogP contribution >= 0.6 is 11.8 Å². The van der Waals surface area contributed by atoms with E-state index in [0.29, 0.717) is 6.42 Å². The molecule has 4 heterocycles. The molecule has 39 heavy (non-hydrogen) atoms. The van der Waals surface area contributed by atoms with Crippen LogP contribution in [-0.2, 0) is 26.1 Å². The Morgan fingerprint density at radius 1 is 0.974 bits per heavy atom. The van der Waals surface area contributed by atoms with Gasteiger partial charge in [-0.25, -0.2) is 4.98 Å². The summed E-state index contributed by atoms with van der Waals surface area (Å²) in [6.45, 7) is 4.50. The molecule has 1 aliphatic heterocycles. The number of rotatable bonds is 6. The summed E-state index contributed by atoms with van der Waals surface area (Å²) in [7, 11) is 1.98. The van der Waals surface area contributed by atoms with Crippen LogP contribution in [0, 0.1) is 6.92 Å². The second kappa shape index (κ2) is 10.3. The summed E-state index contributed by atoms with van der Waals surface area (Å²) in [5.41, 5.74) is 5.34. The van der Waals surface area contributed by atoms with Gasteiger partial charge in [-0.05, 0) is 56.5 Å². The lowest BCUT2D eigenvalue weighted by molar-refractivity contribution is -0.156. The van der Waals surface area contributed by atoms with Crippen LogP contribution in [0.25, 0.3) is 33.4 Å². The fourth-order valence-electron chi connectivity index (χ4n) is 5.18. The topological polar surface area (TPSA) is 72.9 Å². The molecular formula is C28H27F3N6OS. The molecule has 0 fully saturated rings. The summed E-state index contributed by atoms with van der Waals surface area (Å²) in [6, 6.07) is 13.7. The van der Waals surface area contributed by atoms with Gasteiger partial charge >= 0.3 is 12.1 Å². The predicted molar refractivity (Wildman–Crippen MR) is 145 cm³/mol. The maximum atomic E-state index is 13.1. The van der Waals surface area contributed by atoms with E-state index < -0.39 is 12.1 Å². The lowest BCUT2D eigenvalue weighted by Crippen LogP contribution is -2.27. The largest absolute Gasteiger partial charge is 0.468 e. The summed E-state index contributed by atoms with van der Waals surface area (Å²) in [6.07, 6.45) is -2.23. The second-order valence-electron chi connectivity index (χ2n) is 9.80. The minimum absolute atomic E-state index is 0.267. The zero-order valence-corrected chi connectivity index (χ0v) is 22.4. The quantitative estimate of drug-likeness (QED) is 0.187. The molecule has 0 atom stereocenters. The number of alkyl halides is 3. The molecule has 0 N–H and O–H groups in total. The van der Waals surface area contributed by atoms with E-state index in [9.17, 15) is 13.2 Å². The molecule has 2 aromatic carbocycles. The van der Waals surface area contributed by atoms with Crippen LogP contribution in [0.1, 0.15) is 29.1 Å². The van der Waals surface area contributed by atoms with E-state index in [2.05, 4.69) is 31.1 Å². The van der Waals surface area contributed by atoms with Gasteiger partial charge in [0.2, 0.25) is 0 Å². The predicted octanol–water partition coefficient (Wildman–Crippen LogP) is 6.08. The van der Waals surface area contributed by atoms with Crippen molar-refractivity contribution < 1.29 is 17.6 Å². The molecule has 0 unspecified atom stereocenters.